The summed E-state index contributed by atoms with van der Waals surface area (Å²) in [4.78, 5) is 20.2. The highest BCUT2D eigenvalue weighted by Gasteiger charge is 2.35. The molecule has 6 nitrogen and oxygen atoms in total. The first kappa shape index (κ1) is 18.4. The summed E-state index contributed by atoms with van der Waals surface area (Å²) >= 11 is 1.52. The number of benzene rings is 1. The maximum atomic E-state index is 12.8. The highest BCUT2D eigenvalue weighted by Crippen LogP contribution is 2.31. The molecular weight excluding hydrogens is 384 g/mol. The maximum Gasteiger partial charge on any atom is 0.261 e. The zero-order valence-corrected chi connectivity index (χ0v) is 16.6. The second kappa shape index (κ2) is 7.22. The molecule has 0 unspecified atom stereocenters. The zero-order chi connectivity index (χ0) is 17.7. The Bertz CT molecular complexity index is 977. The van der Waals surface area contributed by atoms with Gasteiger partial charge < -0.3 is 14.7 Å². The fraction of sp³-hybridized carbons (Fsp3) is 0.421. The molecule has 0 spiro atoms. The summed E-state index contributed by atoms with van der Waals surface area (Å²) in [5.74, 6) is 1.80. The molecule has 0 radical (unpaired) electrons. The van der Waals surface area contributed by atoms with Crippen LogP contribution in [0.5, 0.6) is 0 Å². The van der Waals surface area contributed by atoms with Crippen LogP contribution >= 0.6 is 23.7 Å². The van der Waals surface area contributed by atoms with Crippen molar-refractivity contribution in [1.29, 1.82) is 0 Å². The summed E-state index contributed by atoms with van der Waals surface area (Å²) in [7, 11) is 0. The first-order valence-electron chi connectivity index (χ1n) is 9.03. The molecule has 1 atom stereocenters. The van der Waals surface area contributed by atoms with Crippen LogP contribution in [0.25, 0.3) is 21.5 Å². The number of amides is 1. The number of hydrogen-bond donors (Lipinski definition) is 1. The van der Waals surface area contributed by atoms with Crippen molar-refractivity contribution in [2.45, 2.75) is 25.8 Å². The number of carbonyl (C=O) groups is 1. The van der Waals surface area contributed by atoms with E-state index in [4.69, 9.17) is 4.52 Å². The molecule has 3 fully saturated rings. The van der Waals surface area contributed by atoms with Gasteiger partial charge in [0.1, 0.15) is 0 Å². The third kappa shape index (κ3) is 3.47. The van der Waals surface area contributed by atoms with Gasteiger partial charge in [0.25, 0.3) is 5.91 Å². The van der Waals surface area contributed by atoms with Crippen molar-refractivity contribution in [2.24, 2.45) is 5.92 Å². The normalized spacial score (nSPS) is 24.0. The SMILES string of the molecule is Cc1nc(-c2ccc3cc(C(=O)N[C@H]4CN5CCC4CC5)sc3c2)no1.Cl. The van der Waals surface area contributed by atoms with E-state index in [1.54, 1.807) is 6.92 Å². The summed E-state index contributed by atoms with van der Waals surface area (Å²) < 4.78 is 6.12. The second-order valence-electron chi connectivity index (χ2n) is 7.22. The first-order chi connectivity index (χ1) is 12.7. The molecule has 3 aliphatic heterocycles. The van der Waals surface area contributed by atoms with Gasteiger partial charge in [-0.1, -0.05) is 17.3 Å². The molecule has 2 aromatic heterocycles. The van der Waals surface area contributed by atoms with Crippen LogP contribution in [-0.2, 0) is 0 Å². The standard InChI is InChI=1S/C19H20N4O2S.ClH/c1-11-20-18(22-25-11)14-3-2-13-8-17(26-16(13)9-14)19(24)21-15-10-23-6-4-12(15)5-7-23;/h2-3,8-9,12,15H,4-7,10H2,1H3,(H,21,24);1H/t15-;/m0./s1. The van der Waals surface area contributed by atoms with E-state index in [1.165, 1.54) is 37.3 Å². The van der Waals surface area contributed by atoms with Crippen molar-refractivity contribution in [3.63, 3.8) is 0 Å². The zero-order valence-electron chi connectivity index (χ0n) is 15.0. The van der Waals surface area contributed by atoms with Gasteiger partial charge in [-0.3, -0.25) is 4.79 Å². The summed E-state index contributed by atoms with van der Waals surface area (Å²) in [6, 6.07) is 8.26. The Kier molecular flexibility index (Phi) is 4.92. The van der Waals surface area contributed by atoms with Crippen molar-refractivity contribution in [2.75, 3.05) is 19.6 Å². The predicted octanol–water partition coefficient (Wildman–Crippen LogP) is 3.51. The third-order valence-corrected chi connectivity index (χ3v) is 6.60. The molecule has 0 saturated carbocycles. The smallest absolute Gasteiger partial charge is 0.261 e. The van der Waals surface area contributed by atoms with Crippen LogP contribution in [0.3, 0.4) is 0 Å². The molecule has 5 heterocycles. The molecule has 3 saturated heterocycles. The lowest BCUT2D eigenvalue weighted by atomic mass is 9.84. The number of fused-ring (bicyclic) bond motifs is 4. The number of aryl methyl sites for hydroxylation is 1. The van der Waals surface area contributed by atoms with Crippen LogP contribution in [0.15, 0.2) is 28.8 Å². The van der Waals surface area contributed by atoms with E-state index in [0.29, 0.717) is 17.6 Å². The fourth-order valence-corrected chi connectivity index (χ4v) is 5.07. The summed E-state index contributed by atoms with van der Waals surface area (Å²) in [6.45, 7) is 5.12. The highest BCUT2D eigenvalue weighted by atomic mass is 35.5. The predicted molar refractivity (Wildman–Crippen MR) is 108 cm³/mol. The molecule has 142 valence electrons. The largest absolute Gasteiger partial charge is 0.347 e. The first-order valence-corrected chi connectivity index (χ1v) is 9.85. The summed E-state index contributed by atoms with van der Waals surface area (Å²) in [6.07, 6.45) is 2.40. The Labute approximate surface area is 167 Å². The lowest BCUT2D eigenvalue weighted by Gasteiger charge is -2.44. The van der Waals surface area contributed by atoms with Gasteiger partial charge in [0.2, 0.25) is 11.7 Å². The molecule has 1 amide bonds. The van der Waals surface area contributed by atoms with E-state index in [0.717, 1.165) is 27.1 Å². The lowest BCUT2D eigenvalue weighted by Crippen LogP contribution is -2.57. The molecule has 3 aromatic rings. The molecule has 1 N–H and O–H groups in total. The van der Waals surface area contributed by atoms with Crippen LogP contribution in [-0.4, -0.2) is 46.6 Å². The van der Waals surface area contributed by atoms with Gasteiger partial charge in [-0.25, -0.2) is 0 Å². The lowest BCUT2D eigenvalue weighted by molar-refractivity contribution is 0.0622. The van der Waals surface area contributed by atoms with Crippen molar-refractivity contribution in [1.82, 2.24) is 20.4 Å². The minimum Gasteiger partial charge on any atom is -0.347 e. The average Bonchev–Trinajstić information content (AvgIpc) is 3.28. The number of halogens is 1. The van der Waals surface area contributed by atoms with Crippen LogP contribution in [0.4, 0.5) is 0 Å². The van der Waals surface area contributed by atoms with E-state index in [1.807, 2.05) is 24.3 Å². The van der Waals surface area contributed by atoms with E-state index in [-0.39, 0.29) is 24.4 Å². The number of aromatic nitrogens is 2. The Morgan fingerprint density at radius 2 is 2.11 bits per heavy atom. The van der Waals surface area contributed by atoms with Crippen molar-refractivity contribution >= 4 is 39.7 Å². The Morgan fingerprint density at radius 3 is 2.78 bits per heavy atom. The van der Waals surface area contributed by atoms with Gasteiger partial charge in [-0.05, 0) is 49.4 Å². The molecule has 2 bridgehead atoms. The number of nitrogens with one attached hydrogen (secondary N) is 1. The van der Waals surface area contributed by atoms with Crippen LogP contribution in [0.2, 0.25) is 0 Å². The van der Waals surface area contributed by atoms with E-state index in [2.05, 4.69) is 20.4 Å². The maximum absolute atomic E-state index is 12.8. The fourth-order valence-electron chi connectivity index (χ4n) is 4.07. The summed E-state index contributed by atoms with van der Waals surface area (Å²) in [5.41, 5.74) is 0.903. The monoisotopic (exact) mass is 404 g/mol. The highest BCUT2D eigenvalue weighted by molar-refractivity contribution is 7.20. The molecule has 1 aromatic carbocycles. The average molecular weight is 405 g/mol. The number of nitrogens with zero attached hydrogens (tertiary/aromatic N) is 3. The van der Waals surface area contributed by atoms with Crippen LogP contribution in [0.1, 0.15) is 28.4 Å². The number of hydrogen-bond acceptors (Lipinski definition) is 6. The number of rotatable bonds is 3. The Morgan fingerprint density at radius 1 is 1.30 bits per heavy atom. The van der Waals surface area contributed by atoms with E-state index < -0.39 is 0 Å². The van der Waals surface area contributed by atoms with Gasteiger partial charge >= 0.3 is 0 Å². The number of piperidine rings is 3. The molecular formula is C19H21ClN4O2S. The Balaban J connectivity index is 0.00000180. The number of thiophene rings is 1. The number of carbonyl (C=O) groups excluding carboxylic acids is 1. The third-order valence-electron chi connectivity index (χ3n) is 5.50. The van der Waals surface area contributed by atoms with Crippen molar-refractivity contribution in [3.8, 4) is 11.4 Å². The minimum absolute atomic E-state index is 0. The van der Waals surface area contributed by atoms with Crippen LogP contribution in [0, 0.1) is 12.8 Å². The summed E-state index contributed by atoms with van der Waals surface area (Å²) in [5, 5.41) is 8.30. The van der Waals surface area contributed by atoms with Gasteiger partial charge in [0, 0.05) is 29.8 Å². The van der Waals surface area contributed by atoms with Gasteiger partial charge in [0.15, 0.2) is 0 Å². The minimum atomic E-state index is 0. The second-order valence-corrected chi connectivity index (χ2v) is 8.30. The Hall–Kier alpha value is -1.96. The van der Waals surface area contributed by atoms with E-state index in [9.17, 15) is 4.79 Å². The van der Waals surface area contributed by atoms with Crippen molar-refractivity contribution in [3.05, 3.63) is 35.0 Å². The molecule has 0 aliphatic carbocycles. The van der Waals surface area contributed by atoms with Crippen LogP contribution < -0.4 is 5.32 Å². The molecule has 3 aliphatic rings. The molecule has 8 heteroatoms. The molecule has 6 rings (SSSR count). The topological polar surface area (TPSA) is 71.3 Å². The van der Waals surface area contributed by atoms with Gasteiger partial charge in [0.05, 0.1) is 4.88 Å². The molecule has 27 heavy (non-hydrogen) atoms. The van der Waals surface area contributed by atoms with Gasteiger partial charge in [-0.2, -0.15) is 4.98 Å². The van der Waals surface area contributed by atoms with E-state index >= 15 is 0 Å². The van der Waals surface area contributed by atoms with Gasteiger partial charge in [-0.15, -0.1) is 23.7 Å². The quantitative estimate of drug-likeness (QED) is 0.723. The van der Waals surface area contributed by atoms with Crippen molar-refractivity contribution < 1.29 is 9.32 Å².